The number of alkyl halides is 3. The fourth-order valence-corrected chi connectivity index (χ4v) is 0.736. The van der Waals surface area contributed by atoms with Crippen molar-refractivity contribution in [3.8, 4) is 0 Å². The molecule has 0 heterocycles. The van der Waals surface area contributed by atoms with E-state index in [1.165, 1.54) is 6.92 Å². The van der Waals surface area contributed by atoms with Crippen molar-refractivity contribution in [3.63, 3.8) is 0 Å². The maximum Gasteiger partial charge on any atom is 0.413 e. The third-order valence-corrected chi connectivity index (χ3v) is 1.27. The normalized spacial score (nSPS) is 14.9. The summed E-state index contributed by atoms with van der Waals surface area (Å²) in [5.74, 6) is 0. The molecule has 0 saturated carbocycles. The Kier molecular flexibility index (Phi) is 4.62. The van der Waals surface area contributed by atoms with E-state index in [1.807, 2.05) is 0 Å². The van der Waals surface area contributed by atoms with E-state index in [1.54, 1.807) is 0 Å². The van der Waals surface area contributed by atoms with Gasteiger partial charge in [-0.25, -0.2) is 0 Å². The van der Waals surface area contributed by atoms with Crippen LogP contribution in [0, 0.1) is 0 Å². The van der Waals surface area contributed by atoms with Gasteiger partial charge in [-0.05, 0) is 6.92 Å². The van der Waals surface area contributed by atoms with E-state index in [0.29, 0.717) is 0 Å². The molecule has 0 spiro atoms. The van der Waals surface area contributed by atoms with Gasteiger partial charge in [-0.2, -0.15) is 17.4 Å². The van der Waals surface area contributed by atoms with Crippen LogP contribution >= 0.6 is 0 Å². The lowest BCUT2D eigenvalue weighted by Crippen LogP contribution is -2.18. The Hall–Kier alpha value is -0.140. The zero-order valence-electron chi connectivity index (χ0n) is 5.68. The average molecular weight is 192 g/mol. The van der Waals surface area contributed by atoms with Gasteiger partial charge in [0.15, 0.2) is 6.61 Å². The Bertz CT molecular complexity index is 135. The van der Waals surface area contributed by atoms with Crippen LogP contribution in [0.25, 0.3) is 0 Å². The molecule has 0 aliphatic rings. The van der Waals surface area contributed by atoms with Gasteiger partial charge in [0.25, 0.3) is 0 Å². The predicted molar refractivity (Wildman–Crippen MR) is 31.8 cm³/mol. The summed E-state index contributed by atoms with van der Waals surface area (Å²) in [4.78, 5) is 0. The van der Waals surface area contributed by atoms with E-state index in [0.717, 1.165) is 0 Å². The van der Waals surface area contributed by atoms with E-state index in [4.69, 9.17) is 0 Å². The lowest BCUT2D eigenvalue weighted by Gasteiger charge is -2.04. The van der Waals surface area contributed by atoms with Gasteiger partial charge in [0, 0.05) is 0 Å². The molecular formula is C4H7F3O3S. The second-order valence-electron chi connectivity index (χ2n) is 1.49. The molecule has 0 saturated heterocycles. The van der Waals surface area contributed by atoms with Gasteiger partial charge >= 0.3 is 17.5 Å². The largest absolute Gasteiger partial charge is 0.413 e. The molecule has 7 heteroatoms. The highest BCUT2D eigenvalue weighted by atomic mass is 32.2. The van der Waals surface area contributed by atoms with Crippen molar-refractivity contribution in [2.45, 2.75) is 13.1 Å². The van der Waals surface area contributed by atoms with E-state index in [-0.39, 0.29) is 6.61 Å². The van der Waals surface area contributed by atoms with Crippen molar-refractivity contribution in [1.29, 1.82) is 0 Å². The van der Waals surface area contributed by atoms with Crippen LogP contribution in [-0.4, -0.2) is 23.6 Å². The van der Waals surface area contributed by atoms with Gasteiger partial charge in [0.05, 0.1) is 6.61 Å². The molecule has 0 aliphatic heterocycles. The molecule has 1 atom stereocenters. The molecule has 0 radical (unpaired) electrons. The summed E-state index contributed by atoms with van der Waals surface area (Å²) in [6.07, 6.45) is -4.47. The van der Waals surface area contributed by atoms with Gasteiger partial charge in [0.2, 0.25) is 0 Å². The second kappa shape index (κ2) is 4.68. The first kappa shape index (κ1) is 10.9. The van der Waals surface area contributed by atoms with Crippen molar-refractivity contribution >= 4 is 11.4 Å². The van der Waals surface area contributed by atoms with Crippen molar-refractivity contribution in [2.24, 2.45) is 0 Å². The first-order chi connectivity index (χ1) is 4.95. The lowest BCUT2D eigenvalue weighted by molar-refractivity contribution is -0.153. The molecule has 0 amide bonds. The van der Waals surface area contributed by atoms with E-state index in [9.17, 15) is 17.4 Å². The minimum absolute atomic E-state index is 0.0461. The zero-order chi connectivity index (χ0) is 8.91. The van der Waals surface area contributed by atoms with Crippen molar-refractivity contribution in [2.75, 3.05) is 13.2 Å². The SMILES string of the molecule is CCOS(=O)OCC(F)(F)F. The summed E-state index contributed by atoms with van der Waals surface area (Å²) in [6.45, 7) is -0.0150. The Morgan fingerprint density at radius 1 is 1.36 bits per heavy atom. The lowest BCUT2D eigenvalue weighted by atomic mass is 10.7. The zero-order valence-corrected chi connectivity index (χ0v) is 6.50. The van der Waals surface area contributed by atoms with E-state index >= 15 is 0 Å². The van der Waals surface area contributed by atoms with Crippen LogP contribution in [0.15, 0.2) is 0 Å². The molecule has 68 valence electrons. The van der Waals surface area contributed by atoms with Crippen molar-refractivity contribution < 1.29 is 25.7 Å². The van der Waals surface area contributed by atoms with Crippen LogP contribution in [0.1, 0.15) is 6.92 Å². The first-order valence-corrected chi connectivity index (χ1v) is 3.70. The Labute approximate surface area is 64.4 Å². The number of hydrogen-bond acceptors (Lipinski definition) is 3. The predicted octanol–water partition coefficient (Wildman–Crippen LogP) is 1.18. The molecule has 3 nitrogen and oxygen atoms in total. The highest BCUT2D eigenvalue weighted by Crippen LogP contribution is 2.15. The van der Waals surface area contributed by atoms with Gasteiger partial charge in [-0.1, -0.05) is 0 Å². The van der Waals surface area contributed by atoms with Crippen molar-refractivity contribution in [1.82, 2.24) is 0 Å². The summed E-state index contributed by atoms with van der Waals surface area (Å²) in [5, 5.41) is 0. The quantitative estimate of drug-likeness (QED) is 0.671. The molecule has 0 aromatic heterocycles. The second-order valence-corrected chi connectivity index (χ2v) is 2.37. The maximum absolute atomic E-state index is 11.3. The molecule has 0 rings (SSSR count). The number of hydrogen-bond donors (Lipinski definition) is 0. The van der Waals surface area contributed by atoms with Gasteiger partial charge in [0.1, 0.15) is 0 Å². The Morgan fingerprint density at radius 3 is 2.27 bits per heavy atom. The topological polar surface area (TPSA) is 35.5 Å². The molecule has 0 N–H and O–H groups in total. The summed E-state index contributed by atoms with van der Waals surface area (Å²) in [5.41, 5.74) is 0. The number of halogens is 3. The molecule has 0 aliphatic carbocycles. The molecule has 0 aromatic carbocycles. The van der Waals surface area contributed by atoms with Gasteiger partial charge in [-0.15, -0.1) is 0 Å². The monoisotopic (exact) mass is 192 g/mol. The smallest absolute Gasteiger partial charge is 0.269 e. The van der Waals surface area contributed by atoms with E-state index in [2.05, 4.69) is 8.37 Å². The van der Waals surface area contributed by atoms with Crippen LogP contribution in [0.5, 0.6) is 0 Å². The molecular weight excluding hydrogens is 185 g/mol. The minimum atomic E-state index is -4.47. The van der Waals surface area contributed by atoms with Gasteiger partial charge < -0.3 is 0 Å². The van der Waals surface area contributed by atoms with Crippen LogP contribution in [0.4, 0.5) is 13.2 Å². The van der Waals surface area contributed by atoms with Crippen LogP contribution < -0.4 is 0 Å². The van der Waals surface area contributed by atoms with Gasteiger partial charge in [-0.3, -0.25) is 8.37 Å². The average Bonchev–Trinajstić information content (AvgIpc) is 1.83. The molecule has 1 unspecified atom stereocenters. The molecule has 0 aromatic rings. The van der Waals surface area contributed by atoms with Crippen LogP contribution in [0.2, 0.25) is 0 Å². The summed E-state index contributed by atoms with van der Waals surface area (Å²) in [7, 11) is 0. The summed E-state index contributed by atoms with van der Waals surface area (Å²) >= 11 is -2.29. The van der Waals surface area contributed by atoms with Crippen LogP contribution in [-0.2, 0) is 19.7 Å². The highest BCUT2D eigenvalue weighted by molar-refractivity contribution is 7.75. The Balaban J connectivity index is 3.46. The van der Waals surface area contributed by atoms with E-state index < -0.39 is 24.1 Å². The third-order valence-electron chi connectivity index (χ3n) is 0.533. The minimum Gasteiger partial charge on any atom is -0.269 e. The summed E-state index contributed by atoms with van der Waals surface area (Å²) in [6, 6.07) is 0. The maximum atomic E-state index is 11.3. The summed E-state index contributed by atoms with van der Waals surface area (Å²) < 4.78 is 52.2. The number of rotatable bonds is 4. The highest BCUT2D eigenvalue weighted by Gasteiger charge is 2.29. The molecule has 11 heavy (non-hydrogen) atoms. The molecule has 0 bridgehead atoms. The van der Waals surface area contributed by atoms with Crippen LogP contribution in [0.3, 0.4) is 0 Å². The molecule has 0 fully saturated rings. The first-order valence-electron chi connectivity index (χ1n) is 2.70. The fourth-order valence-electron chi connectivity index (χ4n) is 0.245. The Morgan fingerprint density at radius 2 is 1.91 bits per heavy atom. The van der Waals surface area contributed by atoms with Crippen molar-refractivity contribution in [3.05, 3.63) is 0 Å². The fraction of sp³-hybridized carbons (Fsp3) is 1.00. The third kappa shape index (κ3) is 7.76. The standard InChI is InChI=1S/C4H7F3O3S/c1-2-9-11(8)10-3-4(5,6)7/h2-3H2,1H3.